The molecule has 1 heterocycles. The number of carbonyl (C=O) groups excluding carboxylic acids is 1. The van der Waals surface area contributed by atoms with Gasteiger partial charge in [0.25, 0.3) is 0 Å². The van der Waals surface area contributed by atoms with E-state index in [1.165, 1.54) is 0 Å². The van der Waals surface area contributed by atoms with Gasteiger partial charge in [0, 0.05) is 6.61 Å². The van der Waals surface area contributed by atoms with Gasteiger partial charge in [0.05, 0.1) is 12.5 Å². The quantitative estimate of drug-likeness (QED) is 0.776. The first-order valence-electron chi connectivity index (χ1n) is 5.62. The average molecular weight is 220 g/mol. The summed E-state index contributed by atoms with van der Waals surface area (Å²) in [4.78, 5) is 11.8. The van der Waals surface area contributed by atoms with Gasteiger partial charge in [-0.2, -0.15) is 0 Å². The summed E-state index contributed by atoms with van der Waals surface area (Å²) in [6.45, 7) is 3.14. The molecule has 16 heavy (non-hydrogen) atoms. The highest BCUT2D eigenvalue weighted by molar-refractivity contribution is 5.83. The van der Waals surface area contributed by atoms with Crippen molar-refractivity contribution in [1.29, 1.82) is 0 Å². The van der Waals surface area contributed by atoms with Gasteiger partial charge >= 0.3 is 0 Å². The van der Waals surface area contributed by atoms with Gasteiger partial charge in [0.15, 0.2) is 5.78 Å². The van der Waals surface area contributed by atoms with Crippen molar-refractivity contribution in [3.63, 3.8) is 0 Å². The molecule has 0 aliphatic carbocycles. The van der Waals surface area contributed by atoms with Crippen LogP contribution in [0, 0.1) is 5.92 Å². The summed E-state index contributed by atoms with van der Waals surface area (Å²) in [5.41, 5.74) is 1.11. The Kier molecular flexibility index (Phi) is 3.57. The van der Waals surface area contributed by atoms with Crippen LogP contribution in [0.4, 0.5) is 0 Å². The van der Waals surface area contributed by atoms with Crippen molar-refractivity contribution >= 4 is 5.78 Å². The van der Waals surface area contributed by atoms with Gasteiger partial charge in [-0.15, -0.1) is 0 Å². The van der Waals surface area contributed by atoms with Crippen molar-refractivity contribution in [2.75, 3.05) is 19.8 Å². The van der Waals surface area contributed by atoms with Crippen molar-refractivity contribution in [2.45, 2.75) is 13.3 Å². The molecule has 0 saturated carbocycles. The van der Waals surface area contributed by atoms with Crippen LogP contribution in [0.3, 0.4) is 0 Å². The molecule has 1 atom stereocenters. The Bertz CT molecular complexity index is 373. The van der Waals surface area contributed by atoms with Crippen LogP contribution in [0.5, 0.6) is 5.75 Å². The van der Waals surface area contributed by atoms with Gasteiger partial charge in [0.2, 0.25) is 0 Å². The molecule has 0 amide bonds. The second kappa shape index (κ2) is 5.12. The lowest BCUT2D eigenvalue weighted by Crippen LogP contribution is -2.30. The van der Waals surface area contributed by atoms with E-state index in [9.17, 15) is 4.79 Å². The molecule has 0 spiro atoms. The molecule has 86 valence electrons. The molecule has 1 aromatic carbocycles. The second-order valence-electron chi connectivity index (χ2n) is 3.92. The molecule has 0 bridgehead atoms. The van der Waals surface area contributed by atoms with Crippen molar-refractivity contribution in [3.05, 3.63) is 29.8 Å². The minimum atomic E-state index is -0.0542. The lowest BCUT2D eigenvalue weighted by atomic mass is 9.93. The molecule has 1 unspecified atom stereocenters. The van der Waals surface area contributed by atoms with E-state index >= 15 is 0 Å². The maximum Gasteiger partial charge on any atom is 0.165 e. The van der Waals surface area contributed by atoms with Crippen LogP contribution >= 0.6 is 0 Å². The zero-order chi connectivity index (χ0) is 11.4. The normalized spacial score (nSPS) is 18.7. The van der Waals surface area contributed by atoms with E-state index in [1.807, 2.05) is 31.2 Å². The van der Waals surface area contributed by atoms with Gasteiger partial charge in [-0.3, -0.25) is 4.79 Å². The van der Waals surface area contributed by atoms with Gasteiger partial charge in [-0.05, 0) is 25.0 Å². The Labute approximate surface area is 95.4 Å². The fourth-order valence-electron chi connectivity index (χ4n) is 1.86. The zero-order valence-electron chi connectivity index (χ0n) is 9.44. The van der Waals surface area contributed by atoms with Crippen LogP contribution in [0.15, 0.2) is 24.3 Å². The smallest absolute Gasteiger partial charge is 0.165 e. The number of fused-ring (bicyclic) bond motifs is 1. The number of rotatable bonds is 4. The number of hydrogen-bond donors (Lipinski definition) is 0. The fraction of sp³-hybridized carbons (Fsp3) is 0.462. The summed E-state index contributed by atoms with van der Waals surface area (Å²) < 4.78 is 10.7. The Morgan fingerprint density at radius 3 is 3.12 bits per heavy atom. The van der Waals surface area contributed by atoms with Crippen LogP contribution in [-0.4, -0.2) is 25.6 Å². The van der Waals surface area contributed by atoms with E-state index in [1.54, 1.807) is 0 Å². The molecule has 1 aliphatic heterocycles. The molecule has 0 N–H and O–H groups in total. The summed E-state index contributed by atoms with van der Waals surface area (Å²) in [6.07, 6.45) is 0.766. The van der Waals surface area contributed by atoms with Gasteiger partial charge in [-0.1, -0.05) is 18.2 Å². The molecule has 1 aromatic rings. The highest BCUT2D eigenvalue weighted by Crippen LogP contribution is 2.27. The van der Waals surface area contributed by atoms with E-state index in [4.69, 9.17) is 9.47 Å². The highest BCUT2D eigenvalue weighted by atomic mass is 16.5. The molecule has 3 heteroatoms. The molecule has 1 aliphatic rings. The number of hydrogen-bond acceptors (Lipinski definition) is 3. The molecule has 0 aromatic heterocycles. The predicted octanol–water partition coefficient (Wildman–Crippen LogP) is 1.84. The second-order valence-corrected chi connectivity index (χ2v) is 3.92. The minimum Gasteiger partial charge on any atom is -0.493 e. The number of benzene rings is 1. The number of ketones is 1. The SMILES string of the molecule is CCOCC(=O)C1COc2ccccc2C1. The summed E-state index contributed by atoms with van der Waals surface area (Å²) in [6, 6.07) is 7.87. The maximum atomic E-state index is 11.8. The van der Waals surface area contributed by atoms with Gasteiger partial charge in [0.1, 0.15) is 12.4 Å². The Morgan fingerprint density at radius 2 is 2.31 bits per heavy atom. The average Bonchev–Trinajstić information content (AvgIpc) is 2.35. The molecule has 0 radical (unpaired) electrons. The molecule has 0 saturated heterocycles. The lowest BCUT2D eigenvalue weighted by Gasteiger charge is -2.24. The molecule has 3 nitrogen and oxygen atoms in total. The third-order valence-electron chi connectivity index (χ3n) is 2.78. The number of carbonyl (C=O) groups is 1. The third kappa shape index (κ3) is 2.42. The monoisotopic (exact) mass is 220 g/mol. The number of para-hydroxylation sites is 1. The van der Waals surface area contributed by atoms with Crippen molar-refractivity contribution in [2.24, 2.45) is 5.92 Å². The standard InChI is InChI=1S/C13H16O3/c1-2-15-9-12(14)11-7-10-5-3-4-6-13(10)16-8-11/h3-6,11H,2,7-9H2,1H3. The van der Waals surface area contributed by atoms with Crippen LogP contribution in [0.1, 0.15) is 12.5 Å². The largest absolute Gasteiger partial charge is 0.493 e. The zero-order valence-corrected chi connectivity index (χ0v) is 9.44. The molecule has 2 rings (SSSR count). The van der Waals surface area contributed by atoms with E-state index < -0.39 is 0 Å². The van der Waals surface area contributed by atoms with E-state index in [0.717, 1.165) is 17.7 Å². The molecular weight excluding hydrogens is 204 g/mol. The van der Waals surface area contributed by atoms with Crippen molar-refractivity contribution in [1.82, 2.24) is 0 Å². The van der Waals surface area contributed by atoms with Crippen LogP contribution in [-0.2, 0) is 16.0 Å². The first kappa shape index (κ1) is 11.1. The topological polar surface area (TPSA) is 35.5 Å². The van der Waals surface area contributed by atoms with Crippen LogP contribution in [0.2, 0.25) is 0 Å². The summed E-state index contributed by atoms with van der Waals surface area (Å²) >= 11 is 0. The first-order valence-corrected chi connectivity index (χ1v) is 5.62. The highest BCUT2D eigenvalue weighted by Gasteiger charge is 2.25. The maximum absolute atomic E-state index is 11.8. The summed E-state index contributed by atoms with van der Waals surface area (Å²) in [5.74, 6) is 0.987. The number of Topliss-reactive ketones (excluding diaryl/α,β-unsaturated/α-hetero) is 1. The lowest BCUT2D eigenvalue weighted by molar-refractivity contribution is -0.128. The van der Waals surface area contributed by atoms with Crippen LogP contribution in [0.25, 0.3) is 0 Å². The van der Waals surface area contributed by atoms with E-state index in [2.05, 4.69) is 0 Å². The van der Waals surface area contributed by atoms with Crippen molar-refractivity contribution in [3.8, 4) is 5.75 Å². The van der Waals surface area contributed by atoms with Crippen molar-refractivity contribution < 1.29 is 14.3 Å². The Balaban J connectivity index is 1.99. The minimum absolute atomic E-state index is 0.0542. The van der Waals surface area contributed by atoms with E-state index in [-0.39, 0.29) is 18.3 Å². The number of ether oxygens (including phenoxy) is 2. The summed E-state index contributed by atoms with van der Waals surface area (Å²) in [7, 11) is 0. The predicted molar refractivity (Wildman–Crippen MR) is 60.6 cm³/mol. The first-order chi connectivity index (χ1) is 7.81. The fourth-order valence-corrected chi connectivity index (χ4v) is 1.86. The molecule has 0 fully saturated rings. The van der Waals surface area contributed by atoms with Gasteiger partial charge in [-0.25, -0.2) is 0 Å². The van der Waals surface area contributed by atoms with Gasteiger partial charge < -0.3 is 9.47 Å². The Morgan fingerprint density at radius 1 is 1.50 bits per heavy atom. The third-order valence-corrected chi connectivity index (χ3v) is 2.78. The summed E-state index contributed by atoms with van der Waals surface area (Å²) in [5, 5.41) is 0. The molecular formula is C13H16O3. The Hall–Kier alpha value is -1.35. The van der Waals surface area contributed by atoms with E-state index in [0.29, 0.717) is 13.2 Å². The van der Waals surface area contributed by atoms with Crippen LogP contribution < -0.4 is 4.74 Å².